The molecular weight excluding hydrogens is 460 g/mol. The molecule has 2 atom stereocenters. The Morgan fingerprint density at radius 1 is 0.500 bits per heavy atom. The quantitative estimate of drug-likeness (QED) is 0.415. The van der Waals surface area contributed by atoms with Crippen molar-refractivity contribution >= 4 is 6.16 Å². The van der Waals surface area contributed by atoms with Crippen LogP contribution in [0, 0.1) is 0 Å². The van der Waals surface area contributed by atoms with E-state index in [9.17, 15) is 75.0 Å². The van der Waals surface area contributed by atoms with Crippen molar-refractivity contribution in [2.45, 2.75) is 48.8 Å². The summed E-state index contributed by atoms with van der Waals surface area (Å²) < 4.78 is 200. The third-order valence-corrected chi connectivity index (χ3v) is 2.44. The molecule has 0 aliphatic rings. The highest BCUT2D eigenvalue weighted by Crippen LogP contribution is 2.47. The fourth-order valence-corrected chi connectivity index (χ4v) is 1.21. The summed E-state index contributed by atoms with van der Waals surface area (Å²) in [6.45, 7) is 0. The van der Waals surface area contributed by atoms with Gasteiger partial charge in [0.05, 0.1) is 0 Å². The van der Waals surface area contributed by atoms with E-state index in [1.165, 1.54) is 0 Å². The van der Waals surface area contributed by atoms with Crippen LogP contribution in [0.3, 0.4) is 0 Å². The molecule has 19 heteroatoms. The summed E-state index contributed by atoms with van der Waals surface area (Å²) in [5.41, 5.74) is 0. The largest absolute Gasteiger partial charge is 0.509 e. The van der Waals surface area contributed by atoms with Gasteiger partial charge in [0.1, 0.15) is 0 Å². The van der Waals surface area contributed by atoms with Crippen LogP contribution in [0.15, 0.2) is 0 Å². The van der Waals surface area contributed by atoms with E-state index in [0.29, 0.717) is 0 Å². The SMILES string of the molecule is O=C(OC(C(F)(F)F)C(F)(F)C(F)(F)F)OC(C(F)(F)F)C(F)(F)C(F)(F)F. The molecule has 28 heavy (non-hydrogen) atoms. The average molecular weight is 462 g/mol. The molecule has 0 N–H and O–H groups in total. The zero-order valence-electron chi connectivity index (χ0n) is 11.9. The Labute approximate surface area is 141 Å². The third kappa shape index (κ3) is 5.58. The summed E-state index contributed by atoms with van der Waals surface area (Å²) >= 11 is 0. The maximum atomic E-state index is 12.7. The molecule has 0 aromatic rings. The van der Waals surface area contributed by atoms with Crippen LogP contribution in [0.5, 0.6) is 0 Å². The van der Waals surface area contributed by atoms with Crippen LogP contribution in [0.2, 0.25) is 0 Å². The summed E-state index contributed by atoms with van der Waals surface area (Å²) in [5.74, 6) is -14.1. The van der Waals surface area contributed by atoms with E-state index in [4.69, 9.17) is 0 Å². The highest BCUT2D eigenvalue weighted by Gasteiger charge is 2.74. The summed E-state index contributed by atoms with van der Waals surface area (Å²) in [7, 11) is 0. The minimum atomic E-state index is -7.13. The lowest BCUT2D eigenvalue weighted by Gasteiger charge is -2.32. The van der Waals surface area contributed by atoms with Gasteiger partial charge >= 0.3 is 42.7 Å². The van der Waals surface area contributed by atoms with Crippen LogP contribution in [0.4, 0.5) is 75.0 Å². The highest BCUT2D eigenvalue weighted by atomic mass is 19.4. The summed E-state index contributed by atoms with van der Waals surface area (Å²) in [6.07, 6.45) is -43.2. The van der Waals surface area contributed by atoms with E-state index in [2.05, 4.69) is 9.47 Å². The molecule has 0 fully saturated rings. The monoisotopic (exact) mass is 462 g/mol. The van der Waals surface area contributed by atoms with E-state index in [1.54, 1.807) is 0 Å². The fraction of sp³-hybridized carbons (Fsp3) is 0.889. The second-order valence-corrected chi connectivity index (χ2v) is 4.57. The number of carbonyl (C=O) groups excluding carboxylic acids is 1. The summed E-state index contributed by atoms with van der Waals surface area (Å²) in [4.78, 5) is 10.7. The molecule has 0 aromatic carbocycles. The fourth-order valence-electron chi connectivity index (χ4n) is 1.21. The summed E-state index contributed by atoms with van der Waals surface area (Å²) in [6, 6.07) is 0. The third-order valence-electron chi connectivity index (χ3n) is 2.44. The van der Waals surface area contributed by atoms with Gasteiger partial charge in [0, 0.05) is 0 Å². The van der Waals surface area contributed by atoms with Crippen molar-refractivity contribution in [1.29, 1.82) is 0 Å². The van der Waals surface area contributed by atoms with Gasteiger partial charge in [-0.05, 0) is 0 Å². The van der Waals surface area contributed by atoms with Crippen molar-refractivity contribution in [3.05, 3.63) is 0 Å². The molecule has 0 saturated carbocycles. The topological polar surface area (TPSA) is 35.5 Å². The Morgan fingerprint density at radius 2 is 0.714 bits per heavy atom. The van der Waals surface area contributed by atoms with Crippen molar-refractivity contribution in [2.24, 2.45) is 0 Å². The van der Waals surface area contributed by atoms with Crippen LogP contribution in [0.25, 0.3) is 0 Å². The Kier molecular flexibility index (Phi) is 6.72. The molecule has 0 saturated heterocycles. The molecule has 0 radical (unpaired) electrons. The van der Waals surface area contributed by atoms with E-state index in [1.807, 2.05) is 0 Å². The number of hydrogen-bond acceptors (Lipinski definition) is 3. The molecular formula is C9H2F16O3. The average Bonchev–Trinajstić information content (AvgIpc) is 2.36. The van der Waals surface area contributed by atoms with E-state index in [-0.39, 0.29) is 0 Å². The Morgan fingerprint density at radius 3 is 0.857 bits per heavy atom. The normalized spacial score (nSPS) is 17.1. The number of halogens is 16. The van der Waals surface area contributed by atoms with Crippen molar-refractivity contribution in [2.75, 3.05) is 0 Å². The lowest BCUT2D eigenvalue weighted by atomic mass is 10.1. The van der Waals surface area contributed by atoms with Gasteiger partial charge in [-0.3, -0.25) is 0 Å². The Hall–Kier alpha value is -1.85. The van der Waals surface area contributed by atoms with Crippen molar-refractivity contribution in [1.82, 2.24) is 0 Å². The second-order valence-electron chi connectivity index (χ2n) is 4.57. The van der Waals surface area contributed by atoms with E-state index < -0.39 is 54.9 Å². The smallest absolute Gasteiger partial charge is 0.414 e. The molecule has 2 unspecified atom stereocenters. The summed E-state index contributed by atoms with van der Waals surface area (Å²) in [5, 5.41) is 0. The minimum absolute atomic E-state index is 2.28. The van der Waals surface area contributed by atoms with E-state index in [0.717, 1.165) is 0 Å². The van der Waals surface area contributed by atoms with Crippen LogP contribution in [-0.4, -0.2) is 54.9 Å². The molecule has 0 rings (SSSR count). The van der Waals surface area contributed by atoms with Gasteiger partial charge in [-0.15, -0.1) is 0 Å². The Balaban J connectivity index is 5.89. The van der Waals surface area contributed by atoms with Crippen LogP contribution < -0.4 is 0 Å². The van der Waals surface area contributed by atoms with Crippen molar-refractivity contribution in [3.8, 4) is 0 Å². The van der Waals surface area contributed by atoms with Crippen molar-refractivity contribution in [3.63, 3.8) is 0 Å². The van der Waals surface area contributed by atoms with Crippen LogP contribution >= 0.6 is 0 Å². The number of alkyl halides is 16. The predicted octanol–water partition coefficient (Wildman–Crippen LogP) is 5.40. The molecule has 0 aliphatic carbocycles. The number of carbonyl (C=O) groups is 1. The molecule has 0 aromatic heterocycles. The van der Waals surface area contributed by atoms with Crippen LogP contribution in [0.1, 0.15) is 0 Å². The van der Waals surface area contributed by atoms with Gasteiger partial charge in [0.25, 0.3) is 12.2 Å². The first-order valence-electron chi connectivity index (χ1n) is 5.76. The van der Waals surface area contributed by atoms with Gasteiger partial charge in [-0.1, -0.05) is 0 Å². The molecule has 168 valence electrons. The first kappa shape index (κ1) is 26.1. The molecule has 0 heterocycles. The molecule has 0 bridgehead atoms. The number of rotatable bonds is 4. The number of hydrogen-bond donors (Lipinski definition) is 0. The Bertz CT molecular complexity index is 504. The first-order chi connectivity index (χ1) is 11.9. The van der Waals surface area contributed by atoms with Crippen molar-refractivity contribution < 1.29 is 84.5 Å². The minimum Gasteiger partial charge on any atom is -0.414 e. The van der Waals surface area contributed by atoms with Crippen LogP contribution in [-0.2, 0) is 9.47 Å². The zero-order valence-corrected chi connectivity index (χ0v) is 11.9. The zero-order chi connectivity index (χ0) is 23.1. The van der Waals surface area contributed by atoms with Gasteiger partial charge in [-0.2, -0.15) is 70.2 Å². The molecule has 0 amide bonds. The maximum absolute atomic E-state index is 12.7. The number of ether oxygens (including phenoxy) is 2. The highest BCUT2D eigenvalue weighted by molar-refractivity contribution is 5.61. The molecule has 0 aliphatic heterocycles. The lowest BCUT2D eigenvalue weighted by Crippen LogP contribution is -2.58. The van der Waals surface area contributed by atoms with Gasteiger partial charge in [0.15, 0.2) is 0 Å². The van der Waals surface area contributed by atoms with E-state index >= 15 is 0 Å². The predicted molar refractivity (Wildman–Crippen MR) is 49.3 cm³/mol. The lowest BCUT2D eigenvalue weighted by molar-refractivity contribution is -0.372. The van der Waals surface area contributed by atoms with Gasteiger partial charge in [0.2, 0.25) is 0 Å². The first-order valence-corrected chi connectivity index (χ1v) is 5.76. The second kappa shape index (κ2) is 7.20. The standard InChI is InChI=1S/C9H2F16O3/c10-4(11,8(20,21)22)1(6(14,15)16)27-3(26)28-2(7(17,18)19)5(12,13)9(23,24)25/h1-2H. The maximum Gasteiger partial charge on any atom is 0.509 e. The van der Waals surface area contributed by atoms with Gasteiger partial charge in [-0.25, -0.2) is 4.79 Å². The van der Waals surface area contributed by atoms with Gasteiger partial charge < -0.3 is 9.47 Å². The molecule has 3 nitrogen and oxygen atoms in total. The molecule has 0 spiro atoms.